The summed E-state index contributed by atoms with van der Waals surface area (Å²) in [5, 5.41) is 16.3. The minimum absolute atomic E-state index is 0.0275. The molecule has 0 spiro atoms. The van der Waals surface area contributed by atoms with Crippen LogP contribution in [0.15, 0.2) is 71.8 Å². The molecule has 1 fully saturated rings. The Hall–Kier alpha value is -4.70. The van der Waals surface area contributed by atoms with Crippen LogP contribution in [0.2, 0.25) is 0 Å². The lowest BCUT2D eigenvalue weighted by atomic mass is 9.98. The maximum atomic E-state index is 14.8. The molecule has 2 aromatic carbocycles. The number of rotatable bonds is 8. The summed E-state index contributed by atoms with van der Waals surface area (Å²) in [7, 11) is -4.17. The van der Waals surface area contributed by atoms with Crippen LogP contribution in [0.3, 0.4) is 0 Å². The summed E-state index contributed by atoms with van der Waals surface area (Å²) in [6.45, 7) is -1.09. The van der Waals surface area contributed by atoms with Crippen LogP contribution in [0.4, 0.5) is 34.9 Å². The molecule has 1 aliphatic rings. The Morgan fingerprint density at radius 3 is 2.21 bits per heavy atom. The SMILES string of the molecule is NS(=O)(=O)c1cccc(-c2c(-c3ccc(F)cc3)nc(C(F)(F)CF)nc2N2CCN(c3ccc([N+](=O)[O-])cn3)CC2)c1. The maximum absolute atomic E-state index is 14.8. The number of benzene rings is 2. The van der Waals surface area contributed by atoms with Crippen molar-refractivity contribution in [1.82, 2.24) is 15.0 Å². The van der Waals surface area contributed by atoms with Gasteiger partial charge in [-0.15, -0.1) is 0 Å². The molecule has 2 aromatic heterocycles. The van der Waals surface area contributed by atoms with E-state index >= 15 is 0 Å². The van der Waals surface area contributed by atoms with Crippen LogP contribution in [0.5, 0.6) is 0 Å². The van der Waals surface area contributed by atoms with Crippen molar-refractivity contribution in [2.75, 3.05) is 42.7 Å². The number of hydrogen-bond donors (Lipinski definition) is 1. The first-order valence-corrected chi connectivity index (χ1v) is 14.3. The van der Waals surface area contributed by atoms with Gasteiger partial charge in [-0.3, -0.25) is 10.1 Å². The lowest BCUT2D eigenvalue weighted by molar-refractivity contribution is -0.385. The third kappa shape index (κ3) is 6.24. The molecular formula is C27H23F4N7O4S. The monoisotopic (exact) mass is 617 g/mol. The van der Waals surface area contributed by atoms with E-state index in [0.717, 1.165) is 18.3 Å². The number of nitrogens with zero attached hydrogens (tertiary/aromatic N) is 6. The van der Waals surface area contributed by atoms with Crippen molar-refractivity contribution < 1.29 is 30.9 Å². The molecule has 16 heteroatoms. The predicted octanol–water partition coefficient (Wildman–Crippen LogP) is 4.29. The zero-order chi connectivity index (χ0) is 30.9. The lowest BCUT2D eigenvalue weighted by Gasteiger charge is -2.37. The molecule has 3 heterocycles. The zero-order valence-electron chi connectivity index (χ0n) is 22.2. The molecule has 0 atom stereocenters. The van der Waals surface area contributed by atoms with Gasteiger partial charge < -0.3 is 9.80 Å². The van der Waals surface area contributed by atoms with Gasteiger partial charge in [-0.2, -0.15) is 8.78 Å². The molecule has 0 unspecified atom stereocenters. The van der Waals surface area contributed by atoms with Gasteiger partial charge in [-0.05, 0) is 48.0 Å². The second-order valence-electron chi connectivity index (χ2n) is 9.62. The normalized spacial score (nSPS) is 14.2. The quantitative estimate of drug-likeness (QED) is 0.174. The van der Waals surface area contributed by atoms with Crippen molar-refractivity contribution in [3.8, 4) is 22.4 Å². The number of alkyl halides is 3. The summed E-state index contributed by atoms with van der Waals surface area (Å²) in [5.41, 5.74) is 0.294. The highest BCUT2D eigenvalue weighted by molar-refractivity contribution is 7.89. The average Bonchev–Trinajstić information content (AvgIpc) is 3.00. The van der Waals surface area contributed by atoms with Crippen LogP contribution in [0.25, 0.3) is 22.4 Å². The van der Waals surface area contributed by atoms with Crippen LogP contribution >= 0.6 is 0 Å². The molecule has 1 aliphatic heterocycles. The van der Waals surface area contributed by atoms with Gasteiger partial charge in [0.15, 0.2) is 6.67 Å². The number of piperazine rings is 1. The van der Waals surface area contributed by atoms with E-state index in [-0.39, 0.29) is 51.9 Å². The van der Waals surface area contributed by atoms with Gasteiger partial charge in [0.2, 0.25) is 15.8 Å². The van der Waals surface area contributed by atoms with Crippen LogP contribution < -0.4 is 14.9 Å². The van der Waals surface area contributed by atoms with E-state index in [9.17, 15) is 36.1 Å². The van der Waals surface area contributed by atoms with Crippen molar-refractivity contribution in [3.63, 3.8) is 0 Å². The molecule has 0 aliphatic carbocycles. The Balaban J connectivity index is 1.65. The molecule has 224 valence electrons. The van der Waals surface area contributed by atoms with Gasteiger partial charge in [0.25, 0.3) is 5.69 Å². The Morgan fingerprint density at radius 2 is 1.63 bits per heavy atom. The largest absolute Gasteiger partial charge is 0.353 e. The number of nitro groups is 1. The van der Waals surface area contributed by atoms with Crippen molar-refractivity contribution in [1.29, 1.82) is 0 Å². The molecule has 5 rings (SSSR count). The van der Waals surface area contributed by atoms with E-state index in [2.05, 4.69) is 15.0 Å². The summed E-state index contributed by atoms with van der Waals surface area (Å²) in [4.78, 5) is 25.9. The second kappa shape index (κ2) is 11.5. The highest BCUT2D eigenvalue weighted by Gasteiger charge is 2.38. The Morgan fingerprint density at radius 1 is 0.953 bits per heavy atom. The molecule has 0 saturated carbocycles. The van der Waals surface area contributed by atoms with E-state index in [0.29, 0.717) is 18.9 Å². The van der Waals surface area contributed by atoms with Gasteiger partial charge in [0, 0.05) is 37.8 Å². The topological polar surface area (TPSA) is 148 Å². The number of sulfonamides is 1. The minimum atomic E-state index is -4.17. The van der Waals surface area contributed by atoms with Crippen LogP contribution in [-0.4, -0.2) is 61.1 Å². The summed E-state index contributed by atoms with van der Waals surface area (Å²) in [6.07, 6.45) is 1.13. The summed E-state index contributed by atoms with van der Waals surface area (Å²) >= 11 is 0. The van der Waals surface area contributed by atoms with Gasteiger partial charge in [0.1, 0.15) is 23.6 Å². The smallest absolute Gasteiger partial charge is 0.334 e. The average molecular weight is 618 g/mol. The number of primary sulfonamides is 1. The fourth-order valence-electron chi connectivity index (χ4n) is 4.63. The van der Waals surface area contributed by atoms with E-state index in [1.54, 1.807) is 4.90 Å². The van der Waals surface area contributed by atoms with Gasteiger partial charge in [0.05, 0.1) is 21.1 Å². The van der Waals surface area contributed by atoms with Crippen molar-refractivity contribution >= 4 is 27.3 Å². The van der Waals surface area contributed by atoms with Crippen molar-refractivity contribution in [2.24, 2.45) is 5.14 Å². The number of pyridine rings is 1. The molecule has 4 aromatic rings. The van der Waals surface area contributed by atoms with E-state index < -0.39 is 39.2 Å². The highest BCUT2D eigenvalue weighted by Crippen LogP contribution is 2.41. The predicted molar refractivity (Wildman–Crippen MR) is 149 cm³/mol. The van der Waals surface area contributed by atoms with E-state index in [4.69, 9.17) is 5.14 Å². The van der Waals surface area contributed by atoms with Crippen LogP contribution in [-0.2, 0) is 15.9 Å². The third-order valence-electron chi connectivity index (χ3n) is 6.80. The van der Waals surface area contributed by atoms with Gasteiger partial charge in [-0.25, -0.2) is 37.3 Å². The number of anilines is 2. The number of nitrogens with two attached hydrogens (primary N) is 1. The fraction of sp³-hybridized carbons (Fsp3) is 0.222. The standard InChI is InChI=1S/C27H23F4N7O4S/c28-16-27(30,31)26-34-24(17-4-6-19(29)7-5-17)23(18-2-1-3-21(14-18)43(32,41)42)25(35-26)37-12-10-36(11-13-37)22-9-8-20(15-33-22)38(39)40/h1-9,14-15H,10-13,16H2,(H2,32,41,42). The lowest BCUT2D eigenvalue weighted by Crippen LogP contribution is -2.47. The Bertz CT molecular complexity index is 1770. The first-order chi connectivity index (χ1) is 20.4. The molecule has 0 radical (unpaired) electrons. The first-order valence-electron chi connectivity index (χ1n) is 12.7. The maximum Gasteiger partial charge on any atom is 0.334 e. The minimum Gasteiger partial charge on any atom is -0.353 e. The summed E-state index contributed by atoms with van der Waals surface area (Å²) in [6, 6.07) is 13.1. The molecule has 2 N–H and O–H groups in total. The zero-order valence-corrected chi connectivity index (χ0v) is 23.0. The highest BCUT2D eigenvalue weighted by atomic mass is 32.2. The molecule has 11 nitrogen and oxygen atoms in total. The second-order valence-corrected chi connectivity index (χ2v) is 11.2. The van der Waals surface area contributed by atoms with Crippen LogP contribution in [0, 0.1) is 15.9 Å². The molecule has 0 bridgehead atoms. The van der Waals surface area contributed by atoms with Gasteiger partial charge in [-0.1, -0.05) is 12.1 Å². The summed E-state index contributed by atoms with van der Waals surface area (Å²) < 4.78 is 81.2. The Kier molecular flexibility index (Phi) is 7.98. The van der Waals surface area contributed by atoms with Crippen molar-refractivity contribution in [2.45, 2.75) is 10.8 Å². The van der Waals surface area contributed by atoms with E-state index in [1.807, 2.05) is 4.90 Å². The van der Waals surface area contributed by atoms with E-state index in [1.165, 1.54) is 48.5 Å². The number of halogens is 4. The Labute approximate surface area is 242 Å². The van der Waals surface area contributed by atoms with Gasteiger partial charge >= 0.3 is 5.92 Å². The van der Waals surface area contributed by atoms with Crippen molar-refractivity contribution in [3.05, 3.63) is 88.6 Å². The number of aromatic nitrogens is 3. The summed E-state index contributed by atoms with van der Waals surface area (Å²) in [5.74, 6) is -5.32. The molecule has 43 heavy (non-hydrogen) atoms. The molecule has 1 saturated heterocycles. The number of hydrogen-bond acceptors (Lipinski definition) is 9. The molecule has 0 amide bonds. The van der Waals surface area contributed by atoms with Crippen LogP contribution in [0.1, 0.15) is 5.82 Å². The third-order valence-corrected chi connectivity index (χ3v) is 7.71. The molecular weight excluding hydrogens is 594 g/mol. The first kappa shape index (κ1) is 29.8. The fourth-order valence-corrected chi connectivity index (χ4v) is 5.19.